The minimum Gasteiger partial charge on any atom is -0.486 e. The molecule has 0 bridgehead atoms. The molecule has 0 saturated carbocycles. The summed E-state index contributed by atoms with van der Waals surface area (Å²) in [6, 6.07) is 8.12. The standard InChI is InChI=1S/C16H20N2O2/c1-12-4-6-18(7-5-12)14(11-17)13-2-3-15-16(10-13)20-9-8-19-15/h2-3,10,12,14H,4-9H2,1H3. The van der Waals surface area contributed by atoms with Gasteiger partial charge >= 0.3 is 0 Å². The van der Waals surface area contributed by atoms with Crippen molar-refractivity contribution in [1.82, 2.24) is 4.90 Å². The molecule has 0 aromatic heterocycles. The van der Waals surface area contributed by atoms with Crippen molar-refractivity contribution in [2.45, 2.75) is 25.8 Å². The average molecular weight is 272 g/mol. The van der Waals surface area contributed by atoms with Crippen molar-refractivity contribution in [3.8, 4) is 17.6 Å². The first-order chi connectivity index (χ1) is 9.78. The highest BCUT2D eigenvalue weighted by molar-refractivity contribution is 5.45. The van der Waals surface area contributed by atoms with E-state index < -0.39 is 0 Å². The fraction of sp³-hybridized carbons (Fsp3) is 0.562. The molecule has 4 nitrogen and oxygen atoms in total. The second kappa shape index (κ2) is 5.72. The third-order valence-corrected chi connectivity index (χ3v) is 4.19. The number of hydrogen-bond donors (Lipinski definition) is 0. The molecule has 1 aromatic rings. The highest BCUT2D eigenvalue weighted by atomic mass is 16.6. The molecule has 0 spiro atoms. The lowest BCUT2D eigenvalue weighted by Gasteiger charge is -2.33. The minimum absolute atomic E-state index is 0.182. The lowest BCUT2D eigenvalue weighted by molar-refractivity contribution is 0.161. The van der Waals surface area contributed by atoms with E-state index in [1.54, 1.807) is 0 Å². The Labute approximate surface area is 119 Å². The van der Waals surface area contributed by atoms with E-state index in [2.05, 4.69) is 17.9 Å². The molecule has 4 heteroatoms. The van der Waals surface area contributed by atoms with Crippen molar-refractivity contribution in [1.29, 1.82) is 5.26 Å². The van der Waals surface area contributed by atoms with E-state index in [4.69, 9.17) is 9.47 Å². The molecule has 0 aliphatic carbocycles. The van der Waals surface area contributed by atoms with Gasteiger partial charge in [0.25, 0.3) is 0 Å². The molecule has 0 N–H and O–H groups in total. The van der Waals surface area contributed by atoms with Gasteiger partial charge in [0.05, 0.1) is 6.07 Å². The smallest absolute Gasteiger partial charge is 0.161 e. The number of nitrogens with zero attached hydrogens (tertiary/aromatic N) is 2. The van der Waals surface area contributed by atoms with Crippen LogP contribution in [0.15, 0.2) is 18.2 Å². The van der Waals surface area contributed by atoms with E-state index in [-0.39, 0.29) is 6.04 Å². The van der Waals surface area contributed by atoms with Crippen LogP contribution in [0.4, 0.5) is 0 Å². The van der Waals surface area contributed by atoms with Crippen molar-refractivity contribution >= 4 is 0 Å². The Kier molecular flexibility index (Phi) is 3.79. The summed E-state index contributed by atoms with van der Waals surface area (Å²) in [5.74, 6) is 2.31. The van der Waals surface area contributed by atoms with Gasteiger partial charge in [0.15, 0.2) is 11.5 Å². The molecule has 1 unspecified atom stereocenters. The topological polar surface area (TPSA) is 45.5 Å². The summed E-state index contributed by atoms with van der Waals surface area (Å²) in [4.78, 5) is 2.27. The molecule has 1 atom stereocenters. The van der Waals surface area contributed by atoms with Crippen molar-refractivity contribution in [2.24, 2.45) is 5.92 Å². The SMILES string of the molecule is CC1CCN(C(C#N)c2ccc3c(c2)OCCO3)CC1. The van der Waals surface area contributed by atoms with Crippen LogP contribution in [0, 0.1) is 17.2 Å². The molecule has 2 heterocycles. The summed E-state index contributed by atoms with van der Waals surface area (Å²) < 4.78 is 11.1. The van der Waals surface area contributed by atoms with Gasteiger partial charge in [-0.2, -0.15) is 5.26 Å². The van der Waals surface area contributed by atoms with Crippen LogP contribution in [0.3, 0.4) is 0 Å². The average Bonchev–Trinajstić information content (AvgIpc) is 2.50. The third-order valence-electron chi connectivity index (χ3n) is 4.19. The van der Waals surface area contributed by atoms with Crippen LogP contribution in [-0.4, -0.2) is 31.2 Å². The fourth-order valence-corrected chi connectivity index (χ4v) is 2.88. The largest absolute Gasteiger partial charge is 0.486 e. The van der Waals surface area contributed by atoms with Crippen LogP contribution < -0.4 is 9.47 Å². The van der Waals surface area contributed by atoms with E-state index in [9.17, 15) is 5.26 Å². The van der Waals surface area contributed by atoms with E-state index in [0.717, 1.165) is 36.1 Å². The molecule has 2 aliphatic heterocycles. The Hall–Kier alpha value is -1.73. The van der Waals surface area contributed by atoms with E-state index in [0.29, 0.717) is 13.2 Å². The minimum atomic E-state index is -0.182. The monoisotopic (exact) mass is 272 g/mol. The molecule has 1 aromatic carbocycles. The van der Waals surface area contributed by atoms with Crippen LogP contribution in [0.25, 0.3) is 0 Å². The second-order valence-electron chi connectivity index (χ2n) is 5.65. The fourth-order valence-electron chi connectivity index (χ4n) is 2.88. The van der Waals surface area contributed by atoms with Crippen LogP contribution in [-0.2, 0) is 0 Å². The van der Waals surface area contributed by atoms with Gasteiger partial charge in [-0.25, -0.2) is 0 Å². The molecule has 1 saturated heterocycles. The molecule has 1 fully saturated rings. The third kappa shape index (κ3) is 2.59. The number of hydrogen-bond acceptors (Lipinski definition) is 4. The number of nitriles is 1. The highest BCUT2D eigenvalue weighted by Crippen LogP contribution is 2.35. The van der Waals surface area contributed by atoms with Gasteiger partial charge in [0.1, 0.15) is 19.3 Å². The molecule has 2 aliphatic rings. The van der Waals surface area contributed by atoms with Crippen molar-refractivity contribution in [2.75, 3.05) is 26.3 Å². The Bertz CT molecular complexity index is 516. The van der Waals surface area contributed by atoms with Crippen molar-refractivity contribution < 1.29 is 9.47 Å². The zero-order valence-corrected chi connectivity index (χ0v) is 11.8. The zero-order chi connectivity index (χ0) is 13.9. The first kappa shape index (κ1) is 13.3. The highest BCUT2D eigenvalue weighted by Gasteiger charge is 2.25. The number of rotatable bonds is 2. The normalized spacial score (nSPS) is 21.2. The number of fused-ring (bicyclic) bond motifs is 1. The van der Waals surface area contributed by atoms with Gasteiger partial charge in [-0.3, -0.25) is 4.90 Å². The summed E-state index contributed by atoms with van der Waals surface area (Å²) in [5.41, 5.74) is 1.01. The Morgan fingerprint density at radius 3 is 2.60 bits per heavy atom. The van der Waals surface area contributed by atoms with Crippen LogP contribution in [0.5, 0.6) is 11.5 Å². The lowest BCUT2D eigenvalue weighted by Crippen LogP contribution is -2.35. The molecule has 3 rings (SSSR count). The van der Waals surface area contributed by atoms with Gasteiger partial charge in [-0.1, -0.05) is 13.0 Å². The summed E-state index contributed by atoms with van der Waals surface area (Å²) in [6.07, 6.45) is 2.34. The number of ether oxygens (including phenoxy) is 2. The maximum Gasteiger partial charge on any atom is 0.161 e. The van der Waals surface area contributed by atoms with Crippen LogP contribution in [0.1, 0.15) is 31.4 Å². The Balaban J connectivity index is 1.81. The quantitative estimate of drug-likeness (QED) is 0.830. The Morgan fingerprint density at radius 2 is 1.90 bits per heavy atom. The van der Waals surface area contributed by atoms with Gasteiger partial charge in [0, 0.05) is 0 Å². The van der Waals surface area contributed by atoms with Crippen LogP contribution >= 0.6 is 0 Å². The second-order valence-corrected chi connectivity index (χ2v) is 5.65. The summed E-state index contributed by atoms with van der Waals surface area (Å²) >= 11 is 0. The zero-order valence-electron chi connectivity index (χ0n) is 11.8. The first-order valence-corrected chi connectivity index (χ1v) is 7.31. The first-order valence-electron chi connectivity index (χ1n) is 7.31. The molecule has 20 heavy (non-hydrogen) atoms. The summed E-state index contributed by atoms with van der Waals surface area (Å²) in [5, 5.41) is 9.54. The molecular weight excluding hydrogens is 252 g/mol. The van der Waals surface area contributed by atoms with Crippen molar-refractivity contribution in [3.63, 3.8) is 0 Å². The Morgan fingerprint density at radius 1 is 1.20 bits per heavy atom. The predicted octanol–water partition coefficient (Wildman–Crippen LogP) is 2.75. The lowest BCUT2D eigenvalue weighted by atomic mass is 9.96. The molecule has 106 valence electrons. The number of likely N-dealkylation sites (tertiary alicyclic amines) is 1. The van der Waals surface area contributed by atoms with Gasteiger partial charge < -0.3 is 9.47 Å². The molecule has 0 amide bonds. The van der Waals surface area contributed by atoms with Gasteiger partial charge in [-0.15, -0.1) is 0 Å². The summed E-state index contributed by atoms with van der Waals surface area (Å²) in [6.45, 7) is 5.44. The number of benzene rings is 1. The number of piperidine rings is 1. The maximum absolute atomic E-state index is 9.54. The van der Waals surface area contributed by atoms with E-state index in [1.165, 1.54) is 12.8 Å². The predicted molar refractivity (Wildman–Crippen MR) is 75.8 cm³/mol. The van der Waals surface area contributed by atoms with E-state index in [1.807, 2.05) is 18.2 Å². The summed E-state index contributed by atoms with van der Waals surface area (Å²) in [7, 11) is 0. The van der Waals surface area contributed by atoms with Crippen LogP contribution in [0.2, 0.25) is 0 Å². The van der Waals surface area contributed by atoms with E-state index >= 15 is 0 Å². The van der Waals surface area contributed by atoms with Gasteiger partial charge in [-0.05, 0) is 49.5 Å². The van der Waals surface area contributed by atoms with Crippen molar-refractivity contribution in [3.05, 3.63) is 23.8 Å². The van der Waals surface area contributed by atoms with Gasteiger partial charge in [0.2, 0.25) is 0 Å². The molecule has 0 radical (unpaired) electrons. The maximum atomic E-state index is 9.54. The molecular formula is C16H20N2O2.